The molecule has 0 bridgehead atoms. The van der Waals surface area contributed by atoms with Crippen LogP contribution in [-0.4, -0.2) is 13.2 Å². The van der Waals surface area contributed by atoms with Gasteiger partial charge in [0.15, 0.2) is 0 Å². The number of amides is 1. The van der Waals surface area contributed by atoms with Crippen LogP contribution in [0, 0.1) is 6.57 Å². The molecule has 0 atom stereocenters. The van der Waals surface area contributed by atoms with Crippen LogP contribution in [-0.2, 0) is 4.74 Å². The van der Waals surface area contributed by atoms with Gasteiger partial charge < -0.3 is 4.74 Å². The van der Waals surface area contributed by atoms with Gasteiger partial charge in [-0.25, -0.2) is 0 Å². The van der Waals surface area contributed by atoms with Crippen LogP contribution in [0.2, 0.25) is 0 Å². The van der Waals surface area contributed by atoms with Crippen LogP contribution in [0.4, 0.5) is 4.79 Å². The first-order valence-electron chi connectivity index (χ1n) is 1.30. The number of methoxy groups -OCH3 is 1. The lowest BCUT2D eigenvalue weighted by molar-refractivity contribution is 0.191. The number of hydrogen-bond acceptors (Lipinski definition) is 2. The Morgan fingerprint density at radius 2 is 2.50 bits per heavy atom. The minimum Gasteiger partial charge on any atom is -0.401 e. The van der Waals surface area contributed by atoms with Crippen LogP contribution in [0.1, 0.15) is 0 Å². The Kier molecular flexibility index (Phi) is 1.83. The topological polar surface area (TPSA) is 30.7 Å². The average Bonchev–Trinajstić information content (AvgIpc) is 1.65. The zero-order valence-electron chi connectivity index (χ0n) is 3.34. The Bertz CT molecular complexity index is 91.5. The molecule has 0 rings (SSSR count). The lowest BCUT2D eigenvalue weighted by Crippen LogP contribution is -1.85. The lowest BCUT2D eigenvalue weighted by Gasteiger charge is -1.67. The molecule has 3 heteroatoms. The molecule has 0 aromatic heterocycles. The van der Waals surface area contributed by atoms with E-state index < -0.39 is 6.09 Å². The van der Waals surface area contributed by atoms with Crippen LogP contribution in [0.15, 0.2) is 0 Å². The smallest absolute Gasteiger partial charge is 0.401 e. The maximum atomic E-state index is 9.67. The Hall–Kier alpha value is -1.04. The lowest BCUT2D eigenvalue weighted by atomic mass is 11.2. The summed E-state index contributed by atoms with van der Waals surface area (Å²) in [4.78, 5) is 12.3. The highest BCUT2D eigenvalue weighted by atomic mass is 16.5. The SMILES string of the molecule is C#[N+]C(=O)OC. The van der Waals surface area contributed by atoms with E-state index in [-0.39, 0.29) is 0 Å². The molecule has 0 aromatic rings. The summed E-state index contributed by atoms with van der Waals surface area (Å²) in [6.07, 6.45) is -0.755. The maximum Gasteiger partial charge on any atom is 0.727 e. The van der Waals surface area contributed by atoms with Gasteiger partial charge in [-0.3, -0.25) is 0 Å². The summed E-state index contributed by atoms with van der Waals surface area (Å²) >= 11 is 0. The van der Waals surface area contributed by atoms with Crippen molar-refractivity contribution in [2.45, 2.75) is 0 Å². The molecule has 0 spiro atoms. The molecular formula is C3H4NO2+. The van der Waals surface area contributed by atoms with E-state index in [0.717, 1.165) is 0 Å². The first-order chi connectivity index (χ1) is 2.81. The fraction of sp³-hybridized carbons (Fsp3) is 0.333. The highest BCUT2D eigenvalue weighted by Crippen LogP contribution is 1.72. The van der Waals surface area contributed by atoms with Crippen molar-refractivity contribution in [1.82, 2.24) is 0 Å². The van der Waals surface area contributed by atoms with Gasteiger partial charge in [-0.2, -0.15) is 4.79 Å². The van der Waals surface area contributed by atoms with Crippen molar-refractivity contribution in [2.75, 3.05) is 7.11 Å². The molecule has 6 heavy (non-hydrogen) atoms. The van der Waals surface area contributed by atoms with Crippen molar-refractivity contribution < 1.29 is 9.53 Å². The van der Waals surface area contributed by atoms with Crippen molar-refractivity contribution in [2.24, 2.45) is 0 Å². The average molecular weight is 86.1 g/mol. The highest BCUT2D eigenvalue weighted by molar-refractivity contribution is 5.78. The van der Waals surface area contributed by atoms with Crippen LogP contribution in [0.5, 0.6) is 0 Å². The minimum atomic E-state index is -0.755. The molecule has 32 valence electrons. The van der Waals surface area contributed by atoms with Gasteiger partial charge in [0.25, 0.3) is 6.57 Å². The summed E-state index contributed by atoms with van der Waals surface area (Å²) in [5, 5.41) is 0. The third kappa shape index (κ3) is 1.30. The Morgan fingerprint density at radius 3 is 2.50 bits per heavy atom. The van der Waals surface area contributed by atoms with Gasteiger partial charge in [0.2, 0.25) is 0 Å². The summed E-state index contributed by atoms with van der Waals surface area (Å²) in [7, 11) is 1.21. The molecule has 0 heterocycles. The van der Waals surface area contributed by atoms with Gasteiger partial charge in [0.1, 0.15) is 0 Å². The molecule has 0 aliphatic rings. The Morgan fingerprint density at radius 1 is 2.00 bits per heavy atom. The quantitative estimate of drug-likeness (QED) is 0.434. The fourth-order valence-electron chi connectivity index (χ4n) is 0.0527. The van der Waals surface area contributed by atoms with Gasteiger partial charge in [-0.05, 0) is 0 Å². The summed E-state index contributed by atoms with van der Waals surface area (Å²) < 4.78 is 3.97. The predicted molar refractivity (Wildman–Crippen MR) is 20.7 cm³/mol. The van der Waals surface area contributed by atoms with E-state index in [1.54, 1.807) is 0 Å². The Balaban J connectivity index is 3.33. The molecule has 0 saturated heterocycles. The third-order valence-corrected chi connectivity index (χ3v) is 0.280. The van der Waals surface area contributed by atoms with Crippen LogP contribution in [0.25, 0.3) is 4.85 Å². The van der Waals surface area contributed by atoms with Gasteiger partial charge in [-0.1, -0.05) is 0 Å². The summed E-state index contributed by atoms with van der Waals surface area (Å²) in [5.41, 5.74) is 0. The van der Waals surface area contributed by atoms with E-state index in [0.29, 0.717) is 0 Å². The fourth-order valence-corrected chi connectivity index (χ4v) is 0.0527. The van der Waals surface area contributed by atoms with Crippen molar-refractivity contribution in [3.63, 3.8) is 0 Å². The largest absolute Gasteiger partial charge is 0.727 e. The molecule has 0 aromatic carbocycles. The molecule has 0 N–H and O–H groups in total. The first kappa shape index (κ1) is 4.96. The number of hydrogen-bond donors (Lipinski definition) is 0. The molecule has 0 fully saturated rings. The monoisotopic (exact) mass is 86.0 g/mol. The zero-order chi connectivity index (χ0) is 4.99. The van der Waals surface area contributed by atoms with Crippen LogP contribution in [0.3, 0.4) is 0 Å². The third-order valence-electron chi connectivity index (χ3n) is 0.280. The molecule has 0 saturated carbocycles. The van der Waals surface area contributed by atoms with Crippen molar-refractivity contribution in [3.05, 3.63) is 4.85 Å². The van der Waals surface area contributed by atoms with E-state index in [1.165, 1.54) is 7.11 Å². The molecule has 0 aliphatic heterocycles. The molecular weight excluding hydrogens is 82.0 g/mol. The zero-order valence-corrected chi connectivity index (χ0v) is 3.34. The molecule has 0 radical (unpaired) electrons. The van der Waals surface area contributed by atoms with Gasteiger partial charge in [0, 0.05) is 0 Å². The predicted octanol–water partition coefficient (Wildman–Crippen LogP) is 0.716. The highest BCUT2D eigenvalue weighted by Gasteiger charge is 2.04. The normalized spacial score (nSPS) is 6.00. The Labute approximate surface area is 35.3 Å². The van der Waals surface area contributed by atoms with Gasteiger partial charge >= 0.3 is 6.09 Å². The number of carbonyl (C=O) groups is 1. The maximum absolute atomic E-state index is 9.67. The number of carbonyl (C=O) groups excluding carboxylic acids is 1. The molecule has 1 amide bonds. The van der Waals surface area contributed by atoms with Gasteiger partial charge in [-0.15, -0.1) is 0 Å². The van der Waals surface area contributed by atoms with Gasteiger partial charge in [0.05, 0.1) is 12.0 Å². The second-order valence-electron chi connectivity index (χ2n) is 0.599. The molecule has 0 aliphatic carbocycles. The van der Waals surface area contributed by atoms with E-state index >= 15 is 0 Å². The molecule has 0 unspecified atom stereocenters. The second-order valence-corrected chi connectivity index (χ2v) is 0.599. The van der Waals surface area contributed by atoms with Crippen LogP contribution >= 0.6 is 0 Å². The first-order valence-corrected chi connectivity index (χ1v) is 1.30. The van der Waals surface area contributed by atoms with E-state index in [1.807, 2.05) is 0 Å². The van der Waals surface area contributed by atoms with E-state index in [4.69, 9.17) is 0 Å². The van der Waals surface area contributed by atoms with Crippen molar-refractivity contribution in [1.29, 1.82) is 0 Å². The number of ether oxygens (including phenoxy) is 1. The summed E-state index contributed by atoms with van der Waals surface area (Å²) in [5.74, 6) is 0. The number of nitrogens with zero attached hydrogens (tertiary/aromatic N) is 1. The second kappa shape index (κ2) is 2.21. The van der Waals surface area contributed by atoms with Crippen molar-refractivity contribution in [3.8, 4) is 6.57 Å². The standard InChI is InChI=1S/C3H4NO2/c1-4-3(5)6-2/h1H,2H3/q+1. The van der Waals surface area contributed by atoms with Crippen molar-refractivity contribution >= 4 is 6.09 Å². The summed E-state index contributed by atoms with van der Waals surface area (Å²) in [6.45, 7) is 4.43. The molecule has 3 nitrogen and oxygen atoms in total. The van der Waals surface area contributed by atoms with Crippen LogP contribution < -0.4 is 0 Å². The minimum absolute atomic E-state index is 0.755. The summed E-state index contributed by atoms with van der Waals surface area (Å²) in [6, 6.07) is 0. The van der Waals surface area contributed by atoms with E-state index in [9.17, 15) is 4.79 Å². The van der Waals surface area contributed by atoms with E-state index in [2.05, 4.69) is 16.2 Å². The number of rotatable bonds is 0.